The Morgan fingerprint density at radius 3 is 2.38 bits per heavy atom. The molecule has 0 spiro atoms. The van der Waals surface area contributed by atoms with Crippen LogP contribution in [0.2, 0.25) is 0 Å². The standard InChI is InChI=1S/C11H23NO2.C2H6/c1-5-6-12(4)7-10(2)8-14-9-11(3)13;1-2/h10H,5-9H2,1-4H3;1-2H3. The van der Waals surface area contributed by atoms with Crippen LogP contribution in [0.15, 0.2) is 0 Å². The zero-order chi connectivity index (χ0) is 13.0. The molecule has 3 heteroatoms. The first-order chi connectivity index (χ1) is 7.56. The predicted octanol–water partition coefficient (Wildman–Crippen LogP) is 2.60. The van der Waals surface area contributed by atoms with Crippen LogP contribution in [0, 0.1) is 5.92 Å². The monoisotopic (exact) mass is 231 g/mol. The van der Waals surface area contributed by atoms with E-state index in [0.717, 1.165) is 13.1 Å². The highest BCUT2D eigenvalue weighted by molar-refractivity contribution is 5.76. The van der Waals surface area contributed by atoms with E-state index in [9.17, 15) is 4.79 Å². The van der Waals surface area contributed by atoms with Gasteiger partial charge in [-0.15, -0.1) is 0 Å². The first-order valence-electron chi connectivity index (χ1n) is 6.32. The second kappa shape index (κ2) is 12.7. The van der Waals surface area contributed by atoms with E-state index in [-0.39, 0.29) is 12.4 Å². The van der Waals surface area contributed by atoms with Gasteiger partial charge in [0.05, 0.1) is 6.61 Å². The molecular formula is C13H29NO2. The van der Waals surface area contributed by atoms with Gasteiger partial charge < -0.3 is 9.64 Å². The highest BCUT2D eigenvalue weighted by atomic mass is 16.5. The van der Waals surface area contributed by atoms with E-state index in [2.05, 4.69) is 25.8 Å². The molecule has 0 aromatic heterocycles. The van der Waals surface area contributed by atoms with Crippen molar-refractivity contribution in [3.63, 3.8) is 0 Å². The number of carbonyl (C=O) groups excluding carboxylic acids is 1. The number of ether oxygens (including phenoxy) is 1. The minimum absolute atomic E-state index is 0.0964. The number of Topliss-reactive ketones (excluding diaryl/α,β-unsaturated/α-hetero) is 1. The molecule has 0 aliphatic heterocycles. The third-order valence-electron chi connectivity index (χ3n) is 1.94. The first-order valence-corrected chi connectivity index (χ1v) is 6.32. The molecule has 0 N–H and O–H groups in total. The highest BCUT2D eigenvalue weighted by Gasteiger charge is 2.06. The highest BCUT2D eigenvalue weighted by Crippen LogP contribution is 1.99. The van der Waals surface area contributed by atoms with Crippen molar-refractivity contribution in [1.29, 1.82) is 0 Å². The Labute approximate surface area is 101 Å². The van der Waals surface area contributed by atoms with Gasteiger partial charge in [-0.1, -0.05) is 27.7 Å². The second-order valence-corrected chi connectivity index (χ2v) is 4.08. The molecule has 0 aromatic rings. The molecule has 1 unspecified atom stereocenters. The van der Waals surface area contributed by atoms with Crippen LogP contribution in [0.25, 0.3) is 0 Å². The molecule has 0 amide bonds. The molecule has 0 heterocycles. The Kier molecular flexibility index (Phi) is 14.2. The summed E-state index contributed by atoms with van der Waals surface area (Å²) in [7, 11) is 2.12. The average molecular weight is 231 g/mol. The Morgan fingerprint density at radius 2 is 1.94 bits per heavy atom. The number of rotatable bonds is 8. The van der Waals surface area contributed by atoms with Gasteiger partial charge >= 0.3 is 0 Å². The van der Waals surface area contributed by atoms with Crippen LogP contribution in [-0.2, 0) is 9.53 Å². The van der Waals surface area contributed by atoms with E-state index in [1.807, 2.05) is 13.8 Å². The minimum atomic E-state index is 0.0964. The Balaban J connectivity index is 0. The summed E-state index contributed by atoms with van der Waals surface area (Å²) in [6.07, 6.45) is 1.18. The van der Waals surface area contributed by atoms with Crippen molar-refractivity contribution in [3.8, 4) is 0 Å². The van der Waals surface area contributed by atoms with E-state index in [4.69, 9.17) is 4.74 Å². The molecule has 1 atom stereocenters. The van der Waals surface area contributed by atoms with Crippen LogP contribution in [0.4, 0.5) is 0 Å². The predicted molar refractivity (Wildman–Crippen MR) is 69.8 cm³/mol. The summed E-state index contributed by atoms with van der Waals surface area (Å²) >= 11 is 0. The first kappa shape index (κ1) is 18.0. The number of carbonyl (C=O) groups is 1. The fourth-order valence-electron chi connectivity index (χ4n) is 1.46. The van der Waals surface area contributed by atoms with Gasteiger partial charge in [-0.05, 0) is 32.9 Å². The molecule has 0 radical (unpaired) electrons. The summed E-state index contributed by atoms with van der Waals surface area (Å²) in [5.41, 5.74) is 0. The van der Waals surface area contributed by atoms with Crippen molar-refractivity contribution in [2.24, 2.45) is 5.92 Å². The lowest BCUT2D eigenvalue weighted by Crippen LogP contribution is -2.27. The third-order valence-corrected chi connectivity index (χ3v) is 1.94. The largest absolute Gasteiger partial charge is 0.373 e. The van der Waals surface area contributed by atoms with Crippen LogP contribution >= 0.6 is 0 Å². The van der Waals surface area contributed by atoms with E-state index in [1.54, 1.807) is 6.92 Å². The zero-order valence-corrected chi connectivity index (χ0v) is 11.9. The number of nitrogens with zero attached hydrogens (tertiary/aromatic N) is 1. The molecule has 0 aliphatic rings. The maximum atomic E-state index is 10.6. The van der Waals surface area contributed by atoms with Gasteiger partial charge in [-0.25, -0.2) is 0 Å². The van der Waals surface area contributed by atoms with Crippen molar-refractivity contribution in [3.05, 3.63) is 0 Å². The molecule has 0 aliphatic carbocycles. The van der Waals surface area contributed by atoms with Gasteiger partial charge in [0, 0.05) is 6.54 Å². The lowest BCUT2D eigenvalue weighted by Gasteiger charge is -2.20. The molecule has 0 saturated carbocycles. The smallest absolute Gasteiger partial charge is 0.155 e. The second-order valence-electron chi connectivity index (χ2n) is 4.08. The van der Waals surface area contributed by atoms with E-state index in [0.29, 0.717) is 12.5 Å². The maximum absolute atomic E-state index is 10.6. The Bertz CT molecular complexity index is 160. The number of ketones is 1. The zero-order valence-electron chi connectivity index (χ0n) is 11.9. The Hall–Kier alpha value is -0.410. The molecule has 0 saturated heterocycles. The fourth-order valence-corrected chi connectivity index (χ4v) is 1.46. The fraction of sp³-hybridized carbons (Fsp3) is 0.923. The van der Waals surface area contributed by atoms with Crippen molar-refractivity contribution < 1.29 is 9.53 Å². The molecule has 0 aromatic carbocycles. The van der Waals surface area contributed by atoms with Crippen molar-refractivity contribution >= 4 is 5.78 Å². The van der Waals surface area contributed by atoms with Gasteiger partial charge in [-0.3, -0.25) is 4.79 Å². The summed E-state index contributed by atoms with van der Waals surface area (Å²) in [5, 5.41) is 0. The number of hydrogen-bond acceptors (Lipinski definition) is 3. The molecule has 0 rings (SSSR count). The summed E-state index contributed by atoms with van der Waals surface area (Å²) < 4.78 is 5.26. The summed E-state index contributed by atoms with van der Waals surface area (Å²) in [5.74, 6) is 0.588. The van der Waals surface area contributed by atoms with Crippen LogP contribution < -0.4 is 0 Å². The van der Waals surface area contributed by atoms with Crippen LogP contribution in [-0.4, -0.2) is 44.0 Å². The summed E-state index contributed by atoms with van der Waals surface area (Å²) in [4.78, 5) is 12.9. The van der Waals surface area contributed by atoms with Crippen LogP contribution in [0.1, 0.15) is 41.0 Å². The quantitative estimate of drug-likeness (QED) is 0.643. The van der Waals surface area contributed by atoms with Gasteiger partial charge in [-0.2, -0.15) is 0 Å². The lowest BCUT2D eigenvalue weighted by molar-refractivity contribution is -0.121. The van der Waals surface area contributed by atoms with Crippen LogP contribution in [0.5, 0.6) is 0 Å². The normalized spacial score (nSPS) is 11.9. The number of hydrogen-bond donors (Lipinski definition) is 0. The minimum Gasteiger partial charge on any atom is -0.373 e. The average Bonchev–Trinajstić information content (AvgIpc) is 2.20. The molecule has 0 fully saturated rings. The van der Waals surface area contributed by atoms with E-state index in [1.165, 1.54) is 6.42 Å². The van der Waals surface area contributed by atoms with Gasteiger partial charge in [0.25, 0.3) is 0 Å². The summed E-state index contributed by atoms with van der Waals surface area (Å²) in [6, 6.07) is 0. The molecular weight excluding hydrogens is 202 g/mol. The van der Waals surface area contributed by atoms with E-state index < -0.39 is 0 Å². The molecule has 98 valence electrons. The SMILES string of the molecule is CC.CCCN(C)CC(C)COCC(C)=O. The Morgan fingerprint density at radius 1 is 1.38 bits per heavy atom. The van der Waals surface area contributed by atoms with Gasteiger partial charge in [0.2, 0.25) is 0 Å². The maximum Gasteiger partial charge on any atom is 0.155 e. The van der Waals surface area contributed by atoms with Crippen molar-refractivity contribution in [2.45, 2.75) is 41.0 Å². The summed E-state index contributed by atoms with van der Waals surface area (Å²) in [6.45, 7) is 13.0. The van der Waals surface area contributed by atoms with Crippen molar-refractivity contribution in [2.75, 3.05) is 33.4 Å². The van der Waals surface area contributed by atoms with Crippen LogP contribution in [0.3, 0.4) is 0 Å². The topological polar surface area (TPSA) is 29.5 Å². The molecule has 16 heavy (non-hydrogen) atoms. The van der Waals surface area contributed by atoms with E-state index >= 15 is 0 Å². The molecule has 3 nitrogen and oxygen atoms in total. The van der Waals surface area contributed by atoms with Gasteiger partial charge in [0.1, 0.15) is 6.61 Å². The molecule has 0 bridgehead atoms. The lowest BCUT2D eigenvalue weighted by atomic mass is 10.2. The van der Waals surface area contributed by atoms with Crippen molar-refractivity contribution in [1.82, 2.24) is 4.90 Å². The van der Waals surface area contributed by atoms with Gasteiger partial charge in [0.15, 0.2) is 5.78 Å². The third kappa shape index (κ3) is 13.6.